The molecule has 0 aliphatic heterocycles. The summed E-state index contributed by atoms with van der Waals surface area (Å²) in [6.45, 7) is 0. The number of carbonyl (C=O) groups excluding carboxylic acids is 1. The first-order chi connectivity index (χ1) is 11.2. The van der Waals surface area contributed by atoms with Crippen LogP contribution >= 0.6 is 15.9 Å². The van der Waals surface area contributed by atoms with E-state index >= 15 is 0 Å². The zero-order chi connectivity index (χ0) is 16.1. The molecular formula is C18H14BrN3O. The molecule has 4 nitrogen and oxygen atoms in total. The van der Waals surface area contributed by atoms with Crippen molar-refractivity contribution in [2.24, 2.45) is 0 Å². The van der Waals surface area contributed by atoms with E-state index in [0.29, 0.717) is 5.69 Å². The van der Waals surface area contributed by atoms with Gasteiger partial charge in [0.15, 0.2) is 0 Å². The van der Waals surface area contributed by atoms with Gasteiger partial charge in [-0.05, 0) is 29.8 Å². The Balaban J connectivity index is 1.69. The van der Waals surface area contributed by atoms with Crippen LogP contribution in [0.25, 0.3) is 17.0 Å². The van der Waals surface area contributed by atoms with Gasteiger partial charge in [0.05, 0.1) is 11.2 Å². The highest BCUT2D eigenvalue weighted by Crippen LogP contribution is 2.20. The number of anilines is 1. The molecule has 114 valence electrons. The first-order valence-electron chi connectivity index (χ1n) is 7.06. The fraction of sp³-hybridized carbons (Fsp3) is 0. The Morgan fingerprint density at radius 2 is 1.87 bits per heavy atom. The van der Waals surface area contributed by atoms with E-state index in [1.807, 2.05) is 60.7 Å². The lowest BCUT2D eigenvalue weighted by Gasteiger charge is -2.07. The van der Waals surface area contributed by atoms with E-state index in [9.17, 15) is 4.79 Å². The van der Waals surface area contributed by atoms with Crippen molar-refractivity contribution < 1.29 is 4.79 Å². The fourth-order valence-electron chi connectivity index (χ4n) is 2.18. The number of urea groups is 1. The largest absolute Gasteiger partial charge is 0.323 e. The average Bonchev–Trinajstić information content (AvgIpc) is 2.57. The van der Waals surface area contributed by atoms with Crippen molar-refractivity contribution in [3.05, 3.63) is 77.0 Å². The number of halogens is 1. The molecule has 0 unspecified atom stereocenters. The predicted octanol–water partition coefficient (Wildman–Crippen LogP) is 4.79. The summed E-state index contributed by atoms with van der Waals surface area (Å²) < 4.78 is 0.969. The van der Waals surface area contributed by atoms with Crippen LogP contribution in [0.2, 0.25) is 0 Å². The number of benzene rings is 2. The lowest BCUT2D eigenvalue weighted by atomic mass is 10.2. The van der Waals surface area contributed by atoms with Gasteiger partial charge in [0.25, 0.3) is 0 Å². The molecule has 23 heavy (non-hydrogen) atoms. The van der Waals surface area contributed by atoms with E-state index in [2.05, 4.69) is 31.5 Å². The van der Waals surface area contributed by atoms with Crippen LogP contribution in [0.15, 0.2) is 71.5 Å². The summed E-state index contributed by atoms with van der Waals surface area (Å²) in [4.78, 5) is 16.3. The third kappa shape index (κ3) is 3.76. The van der Waals surface area contributed by atoms with Gasteiger partial charge < -0.3 is 10.6 Å². The molecule has 0 radical (unpaired) electrons. The van der Waals surface area contributed by atoms with Crippen LogP contribution in [0.1, 0.15) is 5.56 Å². The second-order valence-corrected chi connectivity index (χ2v) is 5.69. The summed E-state index contributed by atoms with van der Waals surface area (Å²) in [7, 11) is 0. The van der Waals surface area contributed by atoms with Crippen LogP contribution in [-0.2, 0) is 0 Å². The maximum Gasteiger partial charge on any atom is 0.323 e. The first kappa shape index (κ1) is 15.2. The van der Waals surface area contributed by atoms with Gasteiger partial charge in [-0.3, -0.25) is 4.98 Å². The standard InChI is InChI=1S/C18H14BrN3O/c19-15-8-2-1-5-13(15)10-12-21-18(23)22-16-9-3-6-14-7-4-11-20-17(14)16/h1-12H,(H2,21,22,23)/b12-10+. The molecule has 2 N–H and O–H groups in total. The highest BCUT2D eigenvalue weighted by atomic mass is 79.9. The van der Waals surface area contributed by atoms with Crippen molar-refractivity contribution in [3.63, 3.8) is 0 Å². The maximum absolute atomic E-state index is 12.0. The topological polar surface area (TPSA) is 54.0 Å². The van der Waals surface area contributed by atoms with Gasteiger partial charge in [-0.25, -0.2) is 4.79 Å². The quantitative estimate of drug-likeness (QED) is 0.699. The van der Waals surface area contributed by atoms with Crippen molar-refractivity contribution in [2.75, 3.05) is 5.32 Å². The number of hydrogen-bond acceptors (Lipinski definition) is 2. The molecule has 0 aliphatic rings. The van der Waals surface area contributed by atoms with E-state index in [1.54, 1.807) is 12.4 Å². The van der Waals surface area contributed by atoms with Crippen LogP contribution < -0.4 is 10.6 Å². The number of carbonyl (C=O) groups is 1. The summed E-state index contributed by atoms with van der Waals surface area (Å²) in [5, 5.41) is 6.48. The zero-order valence-corrected chi connectivity index (χ0v) is 13.7. The van der Waals surface area contributed by atoms with E-state index < -0.39 is 0 Å². The zero-order valence-electron chi connectivity index (χ0n) is 12.2. The van der Waals surface area contributed by atoms with Gasteiger partial charge in [0.1, 0.15) is 0 Å². The molecular weight excluding hydrogens is 354 g/mol. The van der Waals surface area contributed by atoms with Crippen molar-refractivity contribution >= 4 is 44.6 Å². The molecule has 2 aromatic carbocycles. The number of fused-ring (bicyclic) bond motifs is 1. The van der Waals surface area contributed by atoms with E-state index in [4.69, 9.17) is 0 Å². The Hall–Kier alpha value is -2.66. The molecule has 0 spiro atoms. The molecule has 1 aromatic heterocycles. The van der Waals surface area contributed by atoms with Crippen LogP contribution in [0.5, 0.6) is 0 Å². The Bertz CT molecular complexity index is 872. The number of hydrogen-bond donors (Lipinski definition) is 2. The molecule has 5 heteroatoms. The third-order valence-corrected chi connectivity index (χ3v) is 3.99. The summed E-state index contributed by atoms with van der Waals surface area (Å²) in [6.07, 6.45) is 5.14. The van der Waals surface area contributed by atoms with E-state index in [-0.39, 0.29) is 6.03 Å². The summed E-state index contributed by atoms with van der Waals surface area (Å²) in [6, 6.07) is 17.0. The lowest BCUT2D eigenvalue weighted by Crippen LogP contribution is -2.23. The van der Waals surface area contributed by atoms with Gasteiger partial charge in [0.2, 0.25) is 0 Å². The molecule has 0 atom stereocenters. The normalized spacial score (nSPS) is 10.8. The summed E-state index contributed by atoms with van der Waals surface area (Å²) in [5.74, 6) is 0. The van der Waals surface area contributed by atoms with Crippen LogP contribution in [0, 0.1) is 0 Å². The van der Waals surface area contributed by atoms with Crippen LogP contribution in [0.4, 0.5) is 10.5 Å². The minimum Gasteiger partial charge on any atom is -0.314 e. The fourth-order valence-corrected chi connectivity index (χ4v) is 2.60. The summed E-state index contributed by atoms with van der Waals surface area (Å²) >= 11 is 3.46. The van der Waals surface area contributed by atoms with Gasteiger partial charge in [-0.2, -0.15) is 0 Å². The lowest BCUT2D eigenvalue weighted by molar-refractivity contribution is 0.255. The number of amides is 2. The number of nitrogens with one attached hydrogen (secondary N) is 2. The molecule has 1 heterocycles. The molecule has 2 amide bonds. The van der Waals surface area contributed by atoms with Gasteiger partial charge in [-0.1, -0.05) is 52.3 Å². The Morgan fingerprint density at radius 1 is 1.04 bits per heavy atom. The molecule has 0 fully saturated rings. The summed E-state index contributed by atoms with van der Waals surface area (Å²) in [5.41, 5.74) is 2.43. The second kappa shape index (κ2) is 7.07. The van der Waals surface area contributed by atoms with Crippen molar-refractivity contribution in [1.82, 2.24) is 10.3 Å². The maximum atomic E-state index is 12.0. The van der Waals surface area contributed by atoms with Crippen LogP contribution in [0.3, 0.4) is 0 Å². The van der Waals surface area contributed by atoms with E-state index in [1.165, 1.54) is 0 Å². The highest BCUT2D eigenvalue weighted by Gasteiger charge is 2.04. The smallest absolute Gasteiger partial charge is 0.314 e. The van der Waals surface area contributed by atoms with Gasteiger partial charge >= 0.3 is 6.03 Å². The number of rotatable bonds is 3. The average molecular weight is 368 g/mol. The highest BCUT2D eigenvalue weighted by molar-refractivity contribution is 9.10. The Morgan fingerprint density at radius 3 is 2.74 bits per heavy atom. The molecule has 3 rings (SSSR count). The minimum absolute atomic E-state index is 0.313. The number of pyridine rings is 1. The molecule has 3 aromatic rings. The monoisotopic (exact) mass is 367 g/mol. The molecule has 0 saturated carbocycles. The van der Waals surface area contributed by atoms with Gasteiger partial charge in [0, 0.05) is 22.3 Å². The number of nitrogens with zero attached hydrogens (tertiary/aromatic N) is 1. The van der Waals surface area contributed by atoms with Crippen molar-refractivity contribution in [3.8, 4) is 0 Å². The number of aromatic nitrogens is 1. The number of para-hydroxylation sites is 1. The Kier molecular flexibility index (Phi) is 4.68. The second-order valence-electron chi connectivity index (χ2n) is 4.83. The molecule has 0 aliphatic carbocycles. The third-order valence-electron chi connectivity index (χ3n) is 3.26. The first-order valence-corrected chi connectivity index (χ1v) is 7.86. The Labute approximate surface area is 142 Å². The van der Waals surface area contributed by atoms with Crippen molar-refractivity contribution in [2.45, 2.75) is 0 Å². The van der Waals surface area contributed by atoms with Crippen LogP contribution in [-0.4, -0.2) is 11.0 Å². The SMILES string of the molecule is O=C(N/C=C/c1ccccc1Br)Nc1cccc2cccnc12. The van der Waals surface area contributed by atoms with E-state index in [0.717, 1.165) is 20.9 Å². The molecule has 0 saturated heterocycles. The van der Waals surface area contributed by atoms with Crippen molar-refractivity contribution in [1.29, 1.82) is 0 Å². The predicted molar refractivity (Wildman–Crippen MR) is 97.1 cm³/mol. The minimum atomic E-state index is -0.313. The molecule has 0 bridgehead atoms. The van der Waals surface area contributed by atoms with Gasteiger partial charge in [-0.15, -0.1) is 0 Å².